The Morgan fingerprint density at radius 3 is 1.62 bits per heavy atom. The predicted octanol–water partition coefficient (Wildman–Crippen LogP) is 7.44. The predicted molar refractivity (Wildman–Crippen MR) is 198 cm³/mol. The van der Waals surface area contributed by atoms with Crippen LogP contribution >= 0.6 is 0 Å². The number of morpholine rings is 1. The third-order valence-corrected chi connectivity index (χ3v) is 11.4. The fourth-order valence-corrected chi connectivity index (χ4v) is 8.24. The first kappa shape index (κ1) is 43.3. The Morgan fingerprint density at radius 2 is 1.08 bits per heavy atom. The van der Waals surface area contributed by atoms with E-state index in [0.29, 0.717) is 39.1 Å². The second kappa shape index (κ2) is 25.8. The van der Waals surface area contributed by atoms with Gasteiger partial charge < -0.3 is 39.2 Å². The Balaban J connectivity index is 1.14. The molecule has 0 aromatic rings. The van der Waals surface area contributed by atoms with Crippen LogP contribution in [0.2, 0.25) is 0 Å². The average Bonchev–Trinajstić information content (AvgIpc) is 3.81. The number of nitrogens with zero attached hydrogens (tertiary/aromatic N) is 1. The maximum absolute atomic E-state index is 12.9. The van der Waals surface area contributed by atoms with Crippen LogP contribution in [0.25, 0.3) is 0 Å². The first-order valence-corrected chi connectivity index (χ1v) is 21.0. The molecule has 9 nitrogen and oxygen atoms in total. The standard InChI is InChI=1S/C41H75NO8/c1-3-4-5-15-19-34(44)20-17-22-36(46)38-24-26-40(50-38)39-25-23-37(49-39)35(45)21-16-13-11-9-7-6-8-10-12-14-18-33(31-32(2)43)41(47)42-27-29-48-30-28-42/h33-40,44-46H,3-31H2,1-2H3/t33?,34-,35+,36-,37+,38+,39+,40+/m0/s1. The number of amides is 1. The lowest BCUT2D eigenvalue weighted by Crippen LogP contribution is -2.44. The van der Waals surface area contributed by atoms with Crippen LogP contribution < -0.4 is 0 Å². The van der Waals surface area contributed by atoms with E-state index in [1.807, 2.05) is 4.90 Å². The molecule has 0 saturated carbocycles. The second-order valence-corrected chi connectivity index (χ2v) is 15.8. The first-order chi connectivity index (χ1) is 24.3. The number of aliphatic hydroxyl groups is 3. The van der Waals surface area contributed by atoms with Crippen molar-refractivity contribution in [3.05, 3.63) is 0 Å². The molecule has 0 aromatic carbocycles. The lowest BCUT2D eigenvalue weighted by atomic mass is 9.93. The zero-order valence-corrected chi connectivity index (χ0v) is 32.0. The Hall–Kier alpha value is -1.10. The van der Waals surface area contributed by atoms with Crippen molar-refractivity contribution in [2.45, 2.75) is 217 Å². The summed E-state index contributed by atoms with van der Waals surface area (Å²) in [6.07, 6.45) is 23.5. The van der Waals surface area contributed by atoms with Gasteiger partial charge in [-0.15, -0.1) is 0 Å². The molecule has 50 heavy (non-hydrogen) atoms. The van der Waals surface area contributed by atoms with Crippen LogP contribution in [0.4, 0.5) is 0 Å². The lowest BCUT2D eigenvalue weighted by Gasteiger charge is -2.30. The summed E-state index contributed by atoms with van der Waals surface area (Å²) in [6.45, 7) is 6.25. The highest BCUT2D eigenvalue weighted by Gasteiger charge is 2.40. The van der Waals surface area contributed by atoms with Gasteiger partial charge in [0.25, 0.3) is 0 Å². The van der Waals surface area contributed by atoms with Crippen molar-refractivity contribution >= 4 is 11.7 Å². The maximum Gasteiger partial charge on any atom is 0.226 e. The van der Waals surface area contributed by atoms with Crippen molar-refractivity contribution in [2.75, 3.05) is 26.3 Å². The van der Waals surface area contributed by atoms with Crippen molar-refractivity contribution < 1.29 is 39.1 Å². The number of Topliss-reactive ketones (excluding diaryl/α,β-unsaturated/α-hetero) is 1. The number of hydrogen-bond acceptors (Lipinski definition) is 8. The molecule has 3 fully saturated rings. The van der Waals surface area contributed by atoms with E-state index in [2.05, 4.69) is 6.92 Å². The number of carbonyl (C=O) groups excluding carboxylic acids is 2. The third-order valence-electron chi connectivity index (χ3n) is 11.4. The number of rotatable bonds is 28. The van der Waals surface area contributed by atoms with Crippen LogP contribution in [0.15, 0.2) is 0 Å². The zero-order chi connectivity index (χ0) is 36.0. The Kier molecular flexibility index (Phi) is 22.3. The molecule has 0 aliphatic carbocycles. The van der Waals surface area contributed by atoms with Crippen LogP contribution in [0.3, 0.4) is 0 Å². The quantitative estimate of drug-likeness (QED) is 0.0716. The summed E-state index contributed by atoms with van der Waals surface area (Å²) >= 11 is 0. The molecular formula is C41H75NO8. The smallest absolute Gasteiger partial charge is 0.226 e. The van der Waals surface area contributed by atoms with E-state index in [1.165, 1.54) is 57.8 Å². The van der Waals surface area contributed by atoms with Gasteiger partial charge in [-0.05, 0) is 71.1 Å². The molecule has 8 atom stereocenters. The second-order valence-electron chi connectivity index (χ2n) is 15.8. The molecule has 0 radical (unpaired) electrons. The summed E-state index contributed by atoms with van der Waals surface area (Å²) in [5.41, 5.74) is 0. The third kappa shape index (κ3) is 17.2. The topological polar surface area (TPSA) is 126 Å². The summed E-state index contributed by atoms with van der Waals surface area (Å²) in [4.78, 5) is 26.5. The van der Waals surface area contributed by atoms with Crippen LogP contribution in [0.5, 0.6) is 0 Å². The first-order valence-electron chi connectivity index (χ1n) is 21.0. The van der Waals surface area contributed by atoms with Gasteiger partial charge in [-0.2, -0.15) is 0 Å². The lowest BCUT2D eigenvalue weighted by molar-refractivity contribution is -0.141. The normalized spacial score (nSPS) is 25.1. The van der Waals surface area contributed by atoms with Gasteiger partial charge in [0.2, 0.25) is 5.91 Å². The van der Waals surface area contributed by atoms with E-state index in [1.54, 1.807) is 6.92 Å². The Labute approximate surface area is 304 Å². The van der Waals surface area contributed by atoms with Crippen LogP contribution in [-0.4, -0.2) is 101 Å². The van der Waals surface area contributed by atoms with Gasteiger partial charge in [-0.3, -0.25) is 4.79 Å². The molecule has 0 spiro atoms. The van der Waals surface area contributed by atoms with Gasteiger partial charge in [-0.25, -0.2) is 0 Å². The fraction of sp³-hybridized carbons (Fsp3) is 0.951. The van der Waals surface area contributed by atoms with Crippen LogP contribution in [0.1, 0.15) is 174 Å². The van der Waals surface area contributed by atoms with Crippen molar-refractivity contribution in [3.8, 4) is 0 Å². The van der Waals surface area contributed by atoms with Crippen molar-refractivity contribution in [2.24, 2.45) is 5.92 Å². The highest BCUT2D eigenvalue weighted by Crippen LogP contribution is 2.34. The van der Waals surface area contributed by atoms with Crippen molar-refractivity contribution in [1.29, 1.82) is 0 Å². The summed E-state index contributed by atoms with van der Waals surface area (Å²) in [6, 6.07) is 0. The van der Waals surface area contributed by atoms with Gasteiger partial charge in [0.15, 0.2) is 0 Å². The molecule has 0 bridgehead atoms. The number of ketones is 1. The molecule has 3 N–H and O–H groups in total. The van der Waals surface area contributed by atoms with Gasteiger partial charge in [0, 0.05) is 25.4 Å². The molecule has 3 rings (SSSR count). The minimum absolute atomic E-state index is 0.00390. The Morgan fingerprint density at radius 1 is 0.620 bits per heavy atom. The summed E-state index contributed by atoms with van der Waals surface area (Å²) in [5, 5.41) is 31.8. The molecule has 3 aliphatic rings. The fourth-order valence-electron chi connectivity index (χ4n) is 8.24. The van der Waals surface area contributed by atoms with Crippen LogP contribution in [-0.2, 0) is 23.8 Å². The minimum atomic E-state index is -0.489. The number of aliphatic hydroxyl groups excluding tert-OH is 3. The van der Waals surface area contributed by atoms with Gasteiger partial charge in [0.1, 0.15) is 5.78 Å². The van der Waals surface area contributed by atoms with E-state index in [-0.39, 0.29) is 48.1 Å². The van der Waals surface area contributed by atoms with Gasteiger partial charge in [0.05, 0.1) is 55.9 Å². The average molecular weight is 710 g/mol. The number of carbonyl (C=O) groups is 2. The monoisotopic (exact) mass is 710 g/mol. The van der Waals surface area contributed by atoms with E-state index < -0.39 is 12.2 Å². The number of ether oxygens (including phenoxy) is 3. The van der Waals surface area contributed by atoms with E-state index in [9.17, 15) is 24.9 Å². The van der Waals surface area contributed by atoms with Gasteiger partial charge in [-0.1, -0.05) is 96.8 Å². The zero-order valence-electron chi connectivity index (χ0n) is 32.0. The van der Waals surface area contributed by atoms with Crippen LogP contribution in [0, 0.1) is 5.92 Å². The molecule has 3 heterocycles. The number of unbranched alkanes of at least 4 members (excludes halogenated alkanes) is 12. The maximum atomic E-state index is 12.9. The molecule has 0 aromatic heterocycles. The molecule has 1 unspecified atom stereocenters. The highest BCUT2D eigenvalue weighted by molar-refractivity contribution is 5.85. The summed E-state index contributed by atoms with van der Waals surface area (Å²) < 4.78 is 17.9. The molecule has 1 amide bonds. The Bertz CT molecular complexity index is 898. The summed E-state index contributed by atoms with van der Waals surface area (Å²) in [5.74, 6) is 0.0551. The molecule has 3 aliphatic heterocycles. The van der Waals surface area contributed by atoms with E-state index in [4.69, 9.17) is 14.2 Å². The van der Waals surface area contributed by atoms with E-state index >= 15 is 0 Å². The van der Waals surface area contributed by atoms with Gasteiger partial charge >= 0.3 is 0 Å². The van der Waals surface area contributed by atoms with Crippen molar-refractivity contribution in [3.63, 3.8) is 0 Å². The SMILES string of the molecule is CCCCCC[C@H](O)CCC[C@H](O)[C@H]1CC[C@H]([C@H]2CC[C@H]([C@H](O)CCCCCCCCCCCCC(CC(C)=O)C(=O)N3CCOCC3)O2)O1. The number of hydrogen-bond donors (Lipinski definition) is 3. The largest absolute Gasteiger partial charge is 0.393 e. The highest BCUT2D eigenvalue weighted by atomic mass is 16.6. The van der Waals surface area contributed by atoms with E-state index in [0.717, 1.165) is 89.9 Å². The molecule has 292 valence electrons. The summed E-state index contributed by atoms with van der Waals surface area (Å²) in [7, 11) is 0. The van der Waals surface area contributed by atoms with Crippen molar-refractivity contribution in [1.82, 2.24) is 4.90 Å². The minimum Gasteiger partial charge on any atom is -0.393 e. The molecular weight excluding hydrogens is 634 g/mol. The molecule has 3 saturated heterocycles. The molecule has 9 heteroatoms.